The van der Waals surface area contributed by atoms with Gasteiger partial charge in [-0.3, -0.25) is 9.59 Å². The van der Waals surface area contributed by atoms with E-state index in [-0.39, 0.29) is 17.6 Å². The van der Waals surface area contributed by atoms with Gasteiger partial charge >= 0.3 is 0 Å². The first-order valence-corrected chi connectivity index (χ1v) is 11.1. The Labute approximate surface area is 183 Å². The van der Waals surface area contributed by atoms with Crippen LogP contribution in [-0.2, 0) is 4.79 Å². The molecular weight excluding hydrogens is 390 g/mol. The van der Waals surface area contributed by atoms with E-state index in [9.17, 15) is 9.59 Å². The van der Waals surface area contributed by atoms with Gasteiger partial charge in [0.05, 0.1) is 5.69 Å². The zero-order valence-corrected chi connectivity index (χ0v) is 17.7. The number of carbonyl (C=O) groups is 2. The van der Waals surface area contributed by atoms with Crippen LogP contribution in [0.25, 0.3) is 6.08 Å². The number of rotatable bonds is 6. The van der Waals surface area contributed by atoms with Crippen LogP contribution in [0.5, 0.6) is 5.75 Å². The molecule has 1 saturated heterocycles. The Morgan fingerprint density at radius 2 is 1.77 bits per heavy atom. The highest BCUT2D eigenvalue weighted by atomic mass is 16.5. The average Bonchev–Trinajstić information content (AvgIpc) is 3.06. The molecule has 162 valence electrons. The number of para-hydroxylation sites is 2. The Balaban J connectivity index is 1.28. The molecule has 0 unspecified atom stereocenters. The number of carbonyl (C=O) groups excluding carboxylic acids is 2. The SMILES string of the molecule is O=C1Nc2ccccc2OC1=Cc1ccc(C(=O)NCCCN2CCCCCC2)cc1. The molecule has 2 aromatic rings. The Kier molecular flexibility index (Phi) is 6.99. The number of anilines is 1. The molecule has 0 saturated carbocycles. The van der Waals surface area contributed by atoms with Crippen molar-refractivity contribution in [3.63, 3.8) is 0 Å². The monoisotopic (exact) mass is 419 g/mol. The molecule has 0 bridgehead atoms. The highest BCUT2D eigenvalue weighted by Crippen LogP contribution is 2.30. The van der Waals surface area contributed by atoms with Crippen LogP contribution in [0, 0.1) is 0 Å². The van der Waals surface area contributed by atoms with E-state index in [1.54, 1.807) is 24.3 Å². The van der Waals surface area contributed by atoms with Crippen LogP contribution in [0.4, 0.5) is 5.69 Å². The summed E-state index contributed by atoms with van der Waals surface area (Å²) in [4.78, 5) is 27.2. The van der Waals surface area contributed by atoms with Crippen molar-refractivity contribution < 1.29 is 14.3 Å². The largest absolute Gasteiger partial charge is 0.449 e. The van der Waals surface area contributed by atoms with E-state index < -0.39 is 0 Å². The number of fused-ring (bicyclic) bond motifs is 1. The minimum atomic E-state index is -0.287. The molecule has 0 aliphatic carbocycles. The summed E-state index contributed by atoms with van der Waals surface area (Å²) < 4.78 is 5.71. The molecule has 0 aromatic heterocycles. The van der Waals surface area contributed by atoms with Crippen LogP contribution in [0.2, 0.25) is 0 Å². The molecule has 2 aliphatic rings. The van der Waals surface area contributed by atoms with Gasteiger partial charge in [-0.05, 0) is 74.8 Å². The van der Waals surface area contributed by atoms with Gasteiger partial charge < -0.3 is 20.3 Å². The summed E-state index contributed by atoms with van der Waals surface area (Å²) in [5.41, 5.74) is 2.06. The summed E-state index contributed by atoms with van der Waals surface area (Å²) in [5, 5.41) is 5.82. The first-order chi connectivity index (χ1) is 15.2. The number of hydrogen-bond donors (Lipinski definition) is 2. The second-order valence-electron chi connectivity index (χ2n) is 8.05. The fourth-order valence-electron chi connectivity index (χ4n) is 3.95. The van der Waals surface area contributed by atoms with Gasteiger partial charge in [-0.1, -0.05) is 37.1 Å². The summed E-state index contributed by atoms with van der Waals surface area (Å²) in [6.45, 7) is 4.07. The second-order valence-corrected chi connectivity index (χ2v) is 8.05. The Morgan fingerprint density at radius 1 is 1.03 bits per heavy atom. The third kappa shape index (κ3) is 5.73. The lowest BCUT2D eigenvalue weighted by molar-refractivity contribution is -0.115. The minimum absolute atomic E-state index is 0.0735. The molecule has 4 rings (SSSR count). The van der Waals surface area contributed by atoms with Gasteiger partial charge in [0.2, 0.25) is 0 Å². The molecule has 6 heteroatoms. The predicted molar refractivity (Wildman–Crippen MR) is 122 cm³/mol. The third-order valence-electron chi connectivity index (χ3n) is 5.68. The number of benzene rings is 2. The first kappa shape index (κ1) is 21.1. The smallest absolute Gasteiger partial charge is 0.291 e. The van der Waals surface area contributed by atoms with Crippen molar-refractivity contribution >= 4 is 23.6 Å². The van der Waals surface area contributed by atoms with Crippen LogP contribution in [0.3, 0.4) is 0 Å². The molecule has 0 radical (unpaired) electrons. The van der Waals surface area contributed by atoms with Gasteiger partial charge in [-0.2, -0.15) is 0 Å². The highest BCUT2D eigenvalue weighted by Gasteiger charge is 2.21. The van der Waals surface area contributed by atoms with Gasteiger partial charge in [-0.25, -0.2) is 0 Å². The summed E-state index contributed by atoms with van der Waals surface area (Å²) in [7, 11) is 0. The lowest BCUT2D eigenvalue weighted by atomic mass is 10.1. The fourth-order valence-corrected chi connectivity index (χ4v) is 3.95. The van der Waals surface area contributed by atoms with E-state index in [0.717, 1.165) is 18.5 Å². The second kappa shape index (κ2) is 10.3. The van der Waals surface area contributed by atoms with Crippen molar-refractivity contribution in [3.05, 3.63) is 65.4 Å². The summed E-state index contributed by atoms with van der Waals surface area (Å²) in [6.07, 6.45) is 7.88. The zero-order chi connectivity index (χ0) is 21.5. The van der Waals surface area contributed by atoms with Crippen LogP contribution in [0.15, 0.2) is 54.3 Å². The van der Waals surface area contributed by atoms with Crippen molar-refractivity contribution in [1.82, 2.24) is 10.2 Å². The average molecular weight is 420 g/mol. The van der Waals surface area contributed by atoms with E-state index >= 15 is 0 Å². The van der Waals surface area contributed by atoms with E-state index in [0.29, 0.717) is 23.5 Å². The van der Waals surface area contributed by atoms with Crippen LogP contribution in [-0.4, -0.2) is 42.9 Å². The van der Waals surface area contributed by atoms with Crippen molar-refractivity contribution in [3.8, 4) is 5.75 Å². The van der Waals surface area contributed by atoms with Crippen molar-refractivity contribution in [2.45, 2.75) is 32.1 Å². The first-order valence-electron chi connectivity index (χ1n) is 11.1. The molecule has 0 atom stereocenters. The molecule has 2 N–H and O–H groups in total. The van der Waals surface area contributed by atoms with Crippen molar-refractivity contribution in [2.75, 3.05) is 31.5 Å². The van der Waals surface area contributed by atoms with Gasteiger partial charge in [0, 0.05) is 12.1 Å². The van der Waals surface area contributed by atoms with Crippen molar-refractivity contribution in [1.29, 1.82) is 0 Å². The molecular formula is C25H29N3O3. The molecule has 2 aliphatic heterocycles. The third-order valence-corrected chi connectivity index (χ3v) is 5.68. The van der Waals surface area contributed by atoms with Crippen molar-refractivity contribution in [2.24, 2.45) is 0 Å². The molecule has 31 heavy (non-hydrogen) atoms. The van der Waals surface area contributed by atoms with Crippen LogP contribution in [0.1, 0.15) is 48.0 Å². The number of amides is 2. The maximum absolute atomic E-state index is 12.4. The fraction of sp³-hybridized carbons (Fsp3) is 0.360. The number of nitrogens with zero attached hydrogens (tertiary/aromatic N) is 1. The quantitative estimate of drug-likeness (QED) is 0.547. The zero-order valence-electron chi connectivity index (χ0n) is 17.7. The molecule has 1 fully saturated rings. The topological polar surface area (TPSA) is 70.7 Å². The summed E-state index contributed by atoms with van der Waals surface area (Å²) >= 11 is 0. The molecule has 2 aromatic carbocycles. The summed E-state index contributed by atoms with van der Waals surface area (Å²) in [6, 6.07) is 14.5. The van der Waals surface area contributed by atoms with Gasteiger partial charge in [0.1, 0.15) is 0 Å². The van der Waals surface area contributed by atoms with Gasteiger partial charge in [0.25, 0.3) is 11.8 Å². The normalized spacial score (nSPS) is 17.9. The van der Waals surface area contributed by atoms with Gasteiger partial charge in [-0.15, -0.1) is 0 Å². The van der Waals surface area contributed by atoms with Crippen LogP contribution < -0.4 is 15.4 Å². The van der Waals surface area contributed by atoms with E-state index in [2.05, 4.69) is 15.5 Å². The number of likely N-dealkylation sites (tertiary alicyclic amines) is 1. The van der Waals surface area contributed by atoms with E-state index in [1.807, 2.05) is 30.3 Å². The Morgan fingerprint density at radius 3 is 2.55 bits per heavy atom. The lowest BCUT2D eigenvalue weighted by Crippen LogP contribution is -2.30. The molecule has 2 heterocycles. The lowest BCUT2D eigenvalue weighted by Gasteiger charge is -2.19. The minimum Gasteiger partial charge on any atom is -0.449 e. The molecule has 6 nitrogen and oxygen atoms in total. The van der Waals surface area contributed by atoms with E-state index in [4.69, 9.17) is 4.74 Å². The highest BCUT2D eigenvalue weighted by molar-refractivity contribution is 6.08. The standard InChI is InChI=1S/C25H29N3O3/c29-24(26-14-7-17-28-15-5-1-2-6-16-28)20-12-10-19(11-13-20)18-23-25(30)27-21-8-3-4-9-22(21)31-23/h3-4,8-13,18H,1-2,5-7,14-17H2,(H,26,29)(H,27,30). The summed E-state index contributed by atoms with van der Waals surface area (Å²) in [5.74, 6) is 0.481. The Bertz CT molecular complexity index is 945. The maximum Gasteiger partial charge on any atom is 0.291 e. The number of nitrogens with one attached hydrogen (secondary N) is 2. The number of ether oxygens (including phenoxy) is 1. The van der Waals surface area contributed by atoms with Crippen LogP contribution >= 0.6 is 0 Å². The number of hydrogen-bond acceptors (Lipinski definition) is 4. The van der Waals surface area contributed by atoms with E-state index in [1.165, 1.54) is 38.8 Å². The van der Waals surface area contributed by atoms with Gasteiger partial charge in [0.15, 0.2) is 11.5 Å². The molecule has 2 amide bonds. The predicted octanol–water partition coefficient (Wildman–Crippen LogP) is 4.05. The Hall–Kier alpha value is -3.12. The molecule has 0 spiro atoms. The maximum atomic E-state index is 12.4.